The topological polar surface area (TPSA) is 87.0 Å². The molecule has 0 saturated carbocycles. The van der Waals surface area contributed by atoms with Gasteiger partial charge in [-0.15, -0.1) is 4.40 Å². The first kappa shape index (κ1) is 10.6. The molecule has 1 heterocycles. The summed E-state index contributed by atoms with van der Waals surface area (Å²) in [4.78, 5) is 11.9. The Bertz CT molecular complexity index is 565. The number of fused-ring (bicyclic) bond motifs is 1. The van der Waals surface area contributed by atoms with E-state index in [1.165, 1.54) is 11.0 Å². The quantitative estimate of drug-likeness (QED) is 0.803. The second kappa shape index (κ2) is 3.60. The molecule has 0 bridgehead atoms. The van der Waals surface area contributed by atoms with E-state index >= 15 is 0 Å². The monoisotopic (exact) mass is 240 g/mol. The summed E-state index contributed by atoms with van der Waals surface area (Å²) in [5, 5.41) is 8.67. The molecule has 7 heteroatoms. The van der Waals surface area contributed by atoms with Crippen molar-refractivity contribution in [3.63, 3.8) is 0 Å². The van der Waals surface area contributed by atoms with Gasteiger partial charge < -0.3 is 10.0 Å². The lowest BCUT2D eigenvalue weighted by Gasteiger charge is -2.22. The molecule has 2 rings (SSSR count). The van der Waals surface area contributed by atoms with Crippen molar-refractivity contribution in [3.8, 4) is 0 Å². The normalized spacial score (nSPS) is 16.9. The molecule has 84 valence electrons. The molecule has 1 aromatic rings. The SMILES string of the molecule is O=C(O)CN1C=NS(=O)(=O)c2ccccc21. The molecule has 0 fully saturated rings. The van der Waals surface area contributed by atoms with Gasteiger partial charge in [-0.1, -0.05) is 12.1 Å². The fourth-order valence-corrected chi connectivity index (χ4v) is 2.47. The number of carbonyl (C=O) groups is 1. The van der Waals surface area contributed by atoms with Crippen LogP contribution in [0.25, 0.3) is 0 Å². The van der Waals surface area contributed by atoms with Crippen LogP contribution < -0.4 is 4.90 Å². The molecular weight excluding hydrogens is 232 g/mol. The van der Waals surface area contributed by atoms with Gasteiger partial charge in [-0.05, 0) is 12.1 Å². The van der Waals surface area contributed by atoms with Gasteiger partial charge >= 0.3 is 5.97 Å². The molecule has 0 atom stereocenters. The van der Waals surface area contributed by atoms with Crippen molar-refractivity contribution < 1.29 is 18.3 Å². The Balaban J connectivity index is 2.53. The van der Waals surface area contributed by atoms with Crippen LogP contribution in [0.2, 0.25) is 0 Å². The van der Waals surface area contributed by atoms with E-state index in [2.05, 4.69) is 4.40 Å². The highest BCUT2D eigenvalue weighted by Crippen LogP contribution is 2.28. The Morgan fingerprint density at radius 1 is 1.38 bits per heavy atom. The lowest BCUT2D eigenvalue weighted by molar-refractivity contribution is -0.135. The van der Waals surface area contributed by atoms with E-state index in [1.54, 1.807) is 18.2 Å². The first-order valence-electron chi connectivity index (χ1n) is 4.38. The minimum Gasteiger partial charge on any atom is -0.480 e. The van der Waals surface area contributed by atoms with Crippen molar-refractivity contribution in [2.24, 2.45) is 4.40 Å². The molecule has 0 saturated heterocycles. The molecule has 0 amide bonds. The van der Waals surface area contributed by atoms with Gasteiger partial charge in [0.25, 0.3) is 10.0 Å². The zero-order valence-corrected chi connectivity index (χ0v) is 8.88. The summed E-state index contributed by atoms with van der Waals surface area (Å²) in [5.74, 6) is -1.06. The van der Waals surface area contributed by atoms with Crippen molar-refractivity contribution in [1.29, 1.82) is 0 Å². The zero-order valence-electron chi connectivity index (χ0n) is 8.07. The molecule has 6 nitrogen and oxygen atoms in total. The van der Waals surface area contributed by atoms with Gasteiger partial charge in [0.2, 0.25) is 0 Å². The number of carboxylic acids is 1. The van der Waals surface area contributed by atoms with Gasteiger partial charge in [0.15, 0.2) is 0 Å². The van der Waals surface area contributed by atoms with Crippen LogP contribution in [0, 0.1) is 0 Å². The van der Waals surface area contributed by atoms with Gasteiger partial charge in [0.05, 0.1) is 5.69 Å². The average molecular weight is 240 g/mol. The number of hydrogen-bond donors (Lipinski definition) is 1. The van der Waals surface area contributed by atoms with Gasteiger partial charge in [-0.2, -0.15) is 8.42 Å². The number of anilines is 1. The third-order valence-corrected chi connectivity index (χ3v) is 3.36. The maximum atomic E-state index is 11.5. The molecule has 16 heavy (non-hydrogen) atoms. The van der Waals surface area contributed by atoms with Crippen LogP contribution in [0.1, 0.15) is 0 Å². The summed E-state index contributed by atoms with van der Waals surface area (Å²) in [6.07, 6.45) is 1.02. The second-order valence-electron chi connectivity index (χ2n) is 3.19. The molecule has 0 radical (unpaired) electrons. The minimum atomic E-state index is -3.68. The second-order valence-corrected chi connectivity index (χ2v) is 4.79. The first-order valence-corrected chi connectivity index (χ1v) is 5.82. The van der Waals surface area contributed by atoms with E-state index in [4.69, 9.17) is 5.11 Å². The number of para-hydroxylation sites is 1. The van der Waals surface area contributed by atoms with Crippen LogP contribution in [-0.4, -0.2) is 32.4 Å². The van der Waals surface area contributed by atoms with Crippen LogP contribution in [0.15, 0.2) is 33.6 Å². The summed E-state index contributed by atoms with van der Waals surface area (Å²) >= 11 is 0. The predicted molar refractivity (Wildman–Crippen MR) is 57.1 cm³/mol. The Morgan fingerprint density at radius 3 is 2.75 bits per heavy atom. The molecule has 1 aromatic carbocycles. The Hall–Kier alpha value is -1.89. The van der Waals surface area contributed by atoms with Crippen molar-refractivity contribution in [2.45, 2.75) is 4.90 Å². The molecule has 0 spiro atoms. The molecule has 1 aliphatic heterocycles. The van der Waals surface area contributed by atoms with Crippen molar-refractivity contribution in [2.75, 3.05) is 11.4 Å². The van der Waals surface area contributed by atoms with E-state index in [9.17, 15) is 13.2 Å². The smallest absolute Gasteiger partial charge is 0.323 e. The third kappa shape index (κ3) is 1.76. The number of rotatable bonds is 2. The molecule has 1 aliphatic rings. The van der Waals surface area contributed by atoms with E-state index in [1.807, 2.05) is 0 Å². The molecule has 0 aromatic heterocycles. The highest BCUT2D eigenvalue weighted by Gasteiger charge is 2.25. The predicted octanol–water partition coefficient (Wildman–Crippen LogP) is 0.308. The average Bonchev–Trinajstić information content (AvgIpc) is 2.23. The summed E-state index contributed by atoms with van der Waals surface area (Å²) in [5.41, 5.74) is 0.333. The Labute approximate surface area is 91.9 Å². The van der Waals surface area contributed by atoms with E-state index in [-0.39, 0.29) is 11.4 Å². The standard InChI is InChI=1S/C9H8N2O4S/c12-9(13)5-11-6-10-16(14,15)8-4-2-1-3-7(8)11/h1-4,6H,5H2,(H,12,13). The van der Waals surface area contributed by atoms with Crippen LogP contribution in [-0.2, 0) is 14.8 Å². The highest BCUT2D eigenvalue weighted by molar-refractivity contribution is 7.90. The van der Waals surface area contributed by atoms with Crippen LogP contribution in [0.3, 0.4) is 0 Å². The summed E-state index contributed by atoms with van der Waals surface area (Å²) in [6.45, 7) is -0.323. The Morgan fingerprint density at radius 2 is 2.06 bits per heavy atom. The summed E-state index contributed by atoms with van der Waals surface area (Å²) in [7, 11) is -3.68. The van der Waals surface area contributed by atoms with E-state index < -0.39 is 16.0 Å². The van der Waals surface area contributed by atoms with Crippen LogP contribution >= 0.6 is 0 Å². The fourth-order valence-electron chi connectivity index (χ4n) is 1.42. The van der Waals surface area contributed by atoms with Gasteiger partial charge in [0.1, 0.15) is 17.8 Å². The summed E-state index contributed by atoms with van der Waals surface area (Å²) in [6, 6.07) is 6.15. The number of benzene rings is 1. The minimum absolute atomic E-state index is 0.0266. The maximum Gasteiger partial charge on any atom is 0.323 e. The first-order chi connectivity index (χ1) is 7.50. The molecule has 0 aliphatic carbocycles. The summed E-state index contributed by atoms with van der Waals surface area (Å²) < 4.78 is 26.4. The highest BCUT2D eigenvalue weighted by atomic mass is 32.2. The number of carboxylic acid groups (broad SMARTS) is 1. The van der Waals surface area contributed by atoms with Gasteiger partial charge in [0, 0.05) is 0 Å². The van der Waals surface area contributed by atoms with Crippen molar-refractivity contribution in [3.05, 3.63) is 24.3 Å². The van der Waals surface area contributed by atoms with Gasteiger partial charge in [-0.3, -0.25) is 4.79 Å². The lowest BCUT2D eigenvalue weighted by Crippen LogP contribution is -2.32. The molecular formula is C9H8N2O4S. The van der Waals surface area contributed by atoms with Crippen LogP contribution in [0.4, 0.5) is 5.69 Å². The molecule has 1 N–H and O–H groups in total. The maximum absolute atomic E-state index is 11.5. The van der Waals surface area contributed by atoms with Crippen LogP contribution in [0.5, 0.6) is 0 Å². The van der Waals surface area contributed by atoms with E-state index in [0.29, 0.717) is 5.69 Å². The zero-order chi connectivity index (χ0) is 11.8. The number of sulfonamides is 1. The fraction of sp³-hybridized carbons (Fsp3) is 0.111. The largest absolute Gasteiger partial charge is 0.480 e. The van der Waals surface area contributed by atoms with Crippen molar-refractivity contribution in [1.82, 2.24) is 0 Å². The molecule has 0 unspecified atom stereocenters. The third-order valence-electron chi connectivity index (χ3n) is 2.08. The lowest BCUT2D eigenvalue weighted by atomic mass is 10.3. The van der Waals surface area contributed by atoms with Crippen molar-refractivity contribution >= 4 is 28.0 Å². The van der Waals surface area contributed by atoms with E-state index in [0.717, 1.165) is 6.34 Å². The Kier molecular flexibility index (Phi) is 2.39. The number of hydrogen-bond acceptors (Lipinski definition) is 4. The van der Waals surface area contributed by atoms with Gasteiger partial charge in [-0.25, -0.2) is 0 Å². The number of aliphatic carboxylic acids is 1. The number of nitrogens with zero attached hydrogens (tertiary/aromatic N) is 2.